The topological polar surface area (TPSA) is 86.7 Å². The van der Waals surface area contributed by atoms with Gasteiger partial charge in [0.15, 0.2) is 10.1 Å². The van der Waals surface area contributed by atoms with Crippen LogP contribution >= 0.6 is 0 Å². The Morgan fingerprint density at radius 3 is 1.92 bits per heavy atom. The van der Waals surface area contributed by atoms with Crippen molar-refractivity contribution in [3.05, 3.63) is 29.8 Å². The van der Waals surface area contributed by atoms with Crippen molar-refractivity contribution < 1.29 is 44.5 Å². The lowest BCUT2D eigenvalue weighted by Gasteiger charge is -2.29. The molecule has 6 nitrogen and oxygen atoms in total. The maximum absolute atomic E-state index is 13.2. The lowest BCUT2D eigenvalue weighted by atomic mass is 10.2. The quantitative estimate of drug-likeness (QED) is 0.444. The molecule has 1 aromatic rings. The van der Waals surface area contributed by atoms with E-state index in [9.17, 15) is 39.7 Å². The van der Waals surface area contributed by atoms with Crippen molar-refractivity contribution in [2.75, 3.05) is 19.0 Å². The number of ether oxygens (including phenoxy) is 1. The van der Waals surface area contributed by atoms with Gasteiger partial charge in [0.05, 0.1) is 5.56 Å². The summed E-state index contributed by atoms with van der Waals surface area (Å²) in [6.07, 6.45) is -10.4. The summed E-state index contributed by atoms with van der Waals surface area (Å²) in [5.41, 5.74) is 0.0142. The van der Waals surface area contributed by atoms with Crippen LogP contribution < -0.4 is 4.90 Å². The number of nitrogens with zero attached hydrogens (tertiary/aromatic N) is 1. The van der Waals surface area contributed by atoms with Crippen LogP contribution in [0.1, 0.15) is 10.4 Å². The van der Waals surface area contributed by atoms with E-state index >= 15 is 0 Å². The summed E-state index contributed by atoms with van der Waals surface area (Å²) in [7, 11) is -3.45. The van der Waals surface area contributed by atoms with Gasteiger partial charge >= 0.3 is 17.4 Å². The fourth-order valence-corrected chi connectivity index (χ4v) is 1.97. The fourth-order valence-electron chi connectivity index (χ4n) is 1.53. The lowest BCUT2D eigenvalue weighted by Crippen LogP contribution is -2.52. The number of esters is 1. The van der Waals surface area contributed by atoms with Gasteiger partial charge in [-0.05, 0) is 24.3 Å². The van der Waals surface area contributed by atoms with Crippen LogP contribution in [-0.2, 0) is 14.9 Å². The molecule has 0 aliphatic rings. The second kappa shape index (κ2) is 6.51. The first-order chi connectivity index (χ1) is 10.7. The molecule has 136 valence electrons. The SMILES string of the molecule is CN(C)c1ccc(C(=O)OC(C(F)(F)F)C(F)(F)S(=O)(=O)[O-])cc1. The van der Waals surface area contributed by atoms with Crippen molar-refractivity contribution in [1.29, 1.82) is 0 Å². The molecule has 0 spiro atoms. The number of carbonyl (C=O) groups excluding carboxylic acids is 1. The van der Waals surface area contributed by atoms with E-state index < -0.39 is 39.2 Å². The number of hydrogen-bond acceptors (Lipinski definition) is 6. The summed E-state index contributed by atoms with van der Waals surface area (Å²) >= 11 is 0. The van der Waals surface area contributed by atoms with Crippen LogP contribution in [0.4, 0.5) is 27.6 Å². The molecule has 0 amide bonds. The van der Waals surface area contributed by atoms with Gasteiger partial charge in [-0.25, -0.2) is 13.2 Å². The molecular weight excluding hydrogens is 365 g/mol. The third-order valence-corrected chi connectivity index (χ3v) is 3.66. The summed E-state index contributed by atoms with van der Waals surface area (Å²) in [6, 6.07) is 4.58. The maximum Gasteiger partial charge on any atom is 0.432 e. The largest absolute Gasteiger partial charge is 0.743 e. The van der Waals surface area contributed by atoms with E-state index in [1.54, 1.807) is 19.0 Å². The van der Waals surface area contributed by atoms with Crippen LogP contribution in [0.2, 0.25) is 0 Å². The molecule has 0 heterocycles. The Morgan fingerprint density at radius 2 is 1.58 bits per heavy atom. The Balaban J connectivity index is 3.14. The average Bonchev–Trinajstić information content (AvgIpc) is 2.41. The first-order valence-corrected chi connectivity index (χ1v) is 7.47. The van der Waals surface area contributed by atoms with Gasteiger partial charge in [0.2, 0.25) is 0 Å². The minimum absolute atomic E-state index is 0.533. The van der Waals surface area contributed by atoms with Crippen LogP contribution in [0.15, 0.2) is 24.3 Å². The first-order valence-electron chi connectivity index (χ1n) is 6.06. The molecule has 12 heteroatoms. The zero-order valence-corrected chi connectivity index (χ0v) is 13.0. The molecule has 0 aliphatic heterocycles. The lowest BCUT2D eigenvalue weighted by molar-refractivity contribution is -0.248. The highest BCUT2D eigenvalue weighted by atomic mass is 32.2. The molecule has 1 rings (SSSR count). The number of rotatable bonds is 5. The second-order valence-electron chi connectivity index (χ2n) is 4.78. The molecule has 1 unspecified atom stereocenters. The normalized spacial score (nSPS) is 14.2. The Morgan fingerprint density at radius 1 is 1.12 bits per heavy atom. The molecule has 24 heavy (non-hydrogen) atoms. The predicted octanol–water partition coefficient (Wildman–Crippen LogP) is 1.98. The van der Waals surface area contributed by atoms with Crippen molar-refractivity contribution in [1.82, 2.24) is 0 Å². The smallest absolute Gasteiger partial charge is 0.432 e. The van der Waals surface area contributed by atoms with E-state index in [2.05, 4.69) is 4.74 Å². The van der Waals surface area contributed by atoms with Crippen LogP contribution in [0.25, 0.3) is 0 Å². The number of halogens is 5. The van der Waals surface area contributed by atoms with E-state index in [0.717, 1.165) is 12.1 Å². The standard InChI is InChI=1S/C12H12F5NO5S/c1-18(2)8-5-3-7(4-6-8)9(19)23-10(11(13,14)15)12(16,17)24(20,21)22/h3-6,10H,1-2H3,(H,20,21,22)/p-1. The minimum atomic E-state index is -6.72. The van der Waals surface area contributed by atoms with E-state index in [1.165, 1.54) is 12.1 Å². The monoisotopic (exact) mass is 376 g/mol. The van der Waals surface area contributed by atoms with Crippen molar-refractivity contribution >= 4 is 21.8 Å². The highest BCUT2D eigenvalue weighted by Crippen LogP contribution is 2.38. The summed E-state index contributed by atoms with van der Waals surface area (Å²) in [6.45, 7) is 0. The predicted molar refractivity (Wildman–Crippen MR) is 70.7 cm³/mol. The van der Waals surface area contributed by atoms with E-state index in [-0.39, 0.29) is 0 Å². The van der Waals surface area contributed by atoms with Crippen molar-refractivity contribution in [3.8, 4) is 0 Å². The number of benzene rings is 1. The number of alkyl halides is 5. The zero-order chi connectivity index (χ0) is 18.9. The van der Waals surface area contributed by atoms with Gasteiger partial charge in [-0.2, -0.15) is 22.0 Å². The van der Waals surface area contributed by atoms with Crippen LogP contribution in [0.5, 0.6) is 0 Å². The first kappa shape index (κ1) is 20.1. The highest BCUT2D eigenvalue weighted by molar-refractivity contribution is 7.86. The minimum Gasteiger partial charge on any atom is -0.743 e. The molecule has 0 aromatic heterocycles. The molecule has 0 radical (unpaired) electrons. The summed E-state index contributed by atoms with van der Waals surface area (Å²) < 4.78 is 99.1. The Bertz CT molecular complexity index is 700. The molecule has 0 bridgehead atoms. The molecule has 0 saturated heterocycles. The third kappa shape index (κ3) is 4.32. The fraction of sp³-hybridized carbons (Fsp3) is 0.417. The van der Waals surface area contributed by atoms with Gasteiger partial charge in [0, 0.05) is 19.8 Å². The van der Waals surface area contributed by atoms with Crippen molar-refractivity contribution in [2.45, 2.75) is 17.5 Å². The maximum atomic E-state index is 13.2. The van der Waals surface area contributed by atoms with E-state index in [1.807, 2.05) is 0 Å². The molecular formula is C12H11F5NO5S-. The zero-order valence-electron chi connectivity index (χ0n) is 12.2. The van der Waals surface area contributed by atoms with Crippen molar-refractivity contribution in [3.63, 3.8) is 0 Å². The Hall–Kier alpha value is -1.95. The van der Waals surface area contributed by atoms with E-state index in [4.69, 9.17) is 0 Å². The van der Waals surface area contributed by atoms with Gasteiger partial charge in [-0.15, -0.1) is 0 Å². The second-order valence-corrected chi connectivity index (χ2v) is 6.24. The molecule has 1 atom stereocenters. The summed E-state index contributed by atoms with van der Waals surface area (Å²) in [5, 5.41) is -5.87. The van der Waals surface area contributed by atoms with Gasteiger partial charge in [0.25, 0.3) is 6.10 Å². The summed E-state index contributed by atoms with van der Waals surface area (Å²) in [5.74, 6) is -1.86. The molecule has 0 saturated carbocycles. The Kier molecular flexibility index (Phi) is 5.45. The third-order valence-electron chi connectivity index (χ3n) is 2.78. The van der Waals surface area contributed by atoms with Crippen LogP contribution in [-0.4, -0.2) is 50.6 Å². The summed E-state index contributed by atoms with van der Waals surface area (Å²) in [4.78, 5) is 13.2. The number of carbonyl (C=O) groups is 1. The van der Waals surface area contributed by atoms with Gasteiger partial charge in [-0.3, -0.25) is 0 Å². The number of hydrogen-bond donors (Lipinski definition) is 0. The number of anilines is 1. The highest BCUT2D eigenvalue weighted by Gasteiger charge is 2.63. The van der Waals surface area contributed by atoms with Gasteiger partial charge in [0.1, 0.15) is 0 Å². The van der Waals surface area contributed by atoms with Crippen LogP contribution in [0.3, 0.4) is 0 Å². The van der Waals surface area contributed by atoms with Gasteiger partial charge < -0.3 is 14.2 Å². The van der Waals surface area contributed by atoms with E-state index in [0.29, 0.717) is 5.69 Å². The molecule has 0 N–H and O–H groups in total. The molecule has 1 aromatic carbocycles. The van der Waals surface area contributed by atoms with Gasteiger partial charge in [-0.1, -0.05) is 0 Å². The Labute approximate surface area is 133 Å². The molecule has 0 fully saturated rings. The van der Waals surface area contributed by atoms with Crippen molar-refractivity contribution in [2.24, 2.45) is 0 Å². The average molecular weight is 376 g/mol. The van der Waals surface area contributed by atoms with Crippen LogP contribution in [0, 0.1) is 0 Å². The molecule has 0 aliphatic carbocycles.